The highest BCUT2D eigenvalue weighted by molar-refractivity contribution is 5.82. The van der Waals surface area contributed by atoms with Crippen LogP contribution in [0.25, 0.3) is 0 Å². The molecule has 1 aromatic carbocycles. The summed E-state index contributed by atoms with van der Waals surface area (Å²) in [5.41, 5.74) is 2.03. The number of ether oxygens (including phenoxy) is 1. The first-order chi connectivity index (χ1) is 9.15. The molecule has 2 aliphatic rings. The van der Waals surface area contributed by atoms with Crippen molar-refractivity contribution >= 4 is 11.9 Å². The van der Waals surface area contributed by atoms with Crippen molar-refractivity contribution in [2.75, 3.05) is 13.2 Å². The number of fused-ring (bicyclic) bond motifs is 1. The maximum Gasteiger partial charge on any atom is 0.308 e. The number of piperidine rings is 1. The Morgan fingerprint density at radius 1 is 1.42 bits per heavy atom. The standard InChI is InChI=1S/C14H15NO4/c16-13-6-10(11(7-15-13)14(17)18)9-2-1-8-3-4-19-12(8)5-9/h1-2,5,10-11H,3-4,6-7H2,(H,15,16)(H,17,18). The number of carboxylic acids is 1. The third-order valence-electron chi connectivity index (χ3n) is 3.88. The van der Waals surface area contributed by atoms with Gasteiger partial charge in [0.15, 0.2) is 0 Å². The van der Waals surface area contributed by atoms with Gasteiger partial charge in [0.2, 0.25) is 5.91 Å². The Morgan fingerprint density at radius 2 is 2.26 bits per heavy atom. The lowest BCUT2D eigenvalue weighted by atomic mass is 9.80. The summed E-state index contributed by atoms with van der Waals surface area (Å²) in [5, 5.41) is 11.9. The van der Waals surface area contributed by atoms with Gasteiger partial charge in [0.05, 0.1) is 12.5 Å². The number of rotatable bonds is 2. The van der Waals surface area contributed by atoms with E-state index in [2.05, 4.69) is 5.32 Å². The van der Waals surface area contributed by atoms with E-state index in [1.54, 1.807) is 0 Å². The van der Waals surface area contributed by atoms with Gasteiger partial charge in [-0.2, -0.15) is 0 Å². The number of carbonyl (C=O) groups is 2. The molecule has 2 atom stereocenters. The fraction of sp³-hybridized carbons (Fsp3) is 0.429. The largest absolute Gasteiger partial charge is 0.493 e. The molecular weight excluding hydrogens is 246 g/mol. The first-order valence-electron chi connectivity index (χ1n) is 6.40. The molecule has 0 aliphatic carbocycles. The second-order valence-electron chi connectivity index (χ2n) is 5.03. The SMILES string of the molecule is O=C1CC(c2ccc3c(c2)OCC3)C(C(=O)O)CN1. The number of hydrogen-bond acceptors (Lipinski definition) is 3. The quantitative estimate of drug-likeness (QED) is 0.830. The van der Waals surface area contributed by atoms with Gasteiger partial charge < -0.3 is 15.2 Å². The van der Waals surface area contributed by atoms with Crippen LogP contribution in [0.2, 0.25) is 0 Å². The Labute approximate surface area is 110 Å². The molecule has 2 unspecified atom stereocenters. The average molecular weight is 261 g/mol. The molecule has 0 aromatic heterocycles. The summed E-state index contributed by atoms with van der Waals surface area (Å²) in [7, 11) is 0. The minimum atomic E-state index is -0.869. The summed E-state index contributed by atoms with van der Waals surface area (Å²) in [6, 6.07) is 5.79. The average Bonchev–Trinajstić information content (AvgIpc) is 2.85. The van der Waals surface area contributed by atoms with E-state index in [9.17, 15) is 14.7 Å². The summed E-state index contributed by atoms with van der Waals surface area (Å²) in [6.07, 6.45) is 1.11. The molecule has 1 saturated heterocycles. The number of carbonyl (C=O) groups excluding carboxylic acids is 1. The first kappa shape index (κ1) is 12.0. The minimum absolute atomic E-state index is 0.0936. The van der Waals surface area contributed by atoms with Crippen molar-refractivity contribution in [3.05, 3.63) is 29.3 Å². The fourth-order valence-electron chi connectivity index (χ4n) is 2.80. The van der Waals surface area contributed by atoms with Gasteiger partial charge in [-0.1, -0.05) is 12.1 Å². The molecule has 0 spiro atoms. The van der Waals surface area contributed by atoms with Crippen molar-refractivity contribution in [1.82, 2.24) is 5.32 Å². The third kappa shape index (κ3) is 2.16. The molecule has 2 N–H and O–H groups in total. The van der Waals surface area contributed by atoms with Crippen LogP contribution in [0.5, 0.6) is 5.75 Å². The molecular formula is C14H15NO4. The van der Waals surface area contributed by atoms with Gasteiger partial charge in [0.1, 0.15) is 5.75 Å². The van der Waals surface area contributed by atoms with Crippen molar-refractivity contribution in [1.29, 1.82) is 0 Å². The molecule has 2 aliphatic heterocycles. The van der Waals surface area contributed by atoms with Crippen LogP contribution in [0, 0.1) is 5.92 Å². The van der Waals surface area contributed by atoms with Gasteiger partial charge in [-0.05, 0) is 17.2 Å². The summed E-state index contributed by atoms with van der Waals surface area (Å²) < 4.78 is 5.50. The van der Waals surface area contributed by atoms with E-state index < -0.39 is 11.9 Å². The smallest absolute Gasteiger partial charge is 0.308 e. The molecule has 1 aromatic rings. The maximum absolute atomic E-state index is 11.5. The van der Waals surface area contributed by atoms with Crippen molar-refractivity contribution < 1.29 is 19.4 Å². The van der Waals surface area contributed by atoms with E-state index >= 15 is 0 Å². The Balaban J connectivity index is 1.93. The van der Waals surface area contributed by atoms with E-state index in [-0.39, 0.29) is 24.8 Å². The molecule has 1 amide bonds. The molecule has 5 nitrogen and oxygen atoms in total. The highest BCUT2D eigenvalue weighted by atomic mass is 16.5. The van der Waals surface area contributed by atoms with Crippen LogP contribution in [0.4, 0.5) is 0 Å². The summed E-state index contributed by atoms with van der Waals surface area (Å²) >= 11 is 0. The predicted octanol–water partition coefficient (Wildman–Crippen LogP) is 0.926. The second kappa shape index (κ2) is 4.57. The molecule has 1 fully saturated rings. The van der Waals surface area contributed by atoms with Crippen LogP contribution in [0.3, 0.4) is 0 Å². The van der Waals surface area contributed by atoms with Crippen LogP contribution < -0.4 is 10.1 Å². The summed E-state index contributed by atoms with van der Waals surface area (Å²) in [4.78, 5) is 22.8. The minimum Gasteiger partial charge on any atom is -0.493 e. The van der Waals surface area contributed by atoms with Crippen LogP contribution >= 0.6 is 0 Å². The Hall–Kier alpha value is -2.04. The van der Waals surface area contributed by atoms with Crippen LogP contribution in [-0.4, -0.2) is 30.1 Å². The van der Waals surface area contributed by atoms with Crippen molar-refractivity contribution in [2.24, 2.45) is 5.92 Å². The van der Waals surface area contributed by atoms with Gasteiger partial charge in [-0.15, -0.1) is 0 Å². The van der Waals surface area contributed by atoms with Crippen molar-refractivity contribution in [3.8, 4) is 5.75 Å². The molecule has 0 radical (unpaired) electrons. The highest BCUT2D eigenvalue weighted by Gasteiger charge is 2.35. The van der Waals surface area contributed by atoms with Gasteiger partial charge in [0, 0.05) is 25.3 Å². The topological polar surface area (TPSA) is 75.6 Å². The van der Waals surface area contributed by atoms with Gasteiger partial charge >= 0.3 is 5.97 Å². The number of amides is 1. The maximum atomic E-state index is 11.5. The lowest BCUT2D eigenvalue weighted by Crippen LogP contribution is -2.43. The fourth-order valence-corrected chi connectivity index (χ4v) is 2.80. The number of nitrogens with one attached hydrogen (secondary N) is 1. The van der Waals surface area contributed by atoms with E-state index in [0.717, 1.165) is 23.3 Å². The van der Waals surface area contributed by atoms with E-state index in [0.29, 0.717) is 6.61 Å². The Kier molecular flexibility index (Phi) is 2.89. The van der Waals surface area contributed by atoms with Gasteiger partial charge in [-0.3, -0.25) is 9.59 Å². The molecule has 3 rings (SSSR count). The first-order valence-corrected chi connectivity index (χ1v) is 6.40. The van der Waals surface area contributed by atoms with E-state index in [1.165, 1.54) is 0 Å². The van der Waals surface area contributed by atoms with Crippen LogP contribution in [-0.2, 0) is 16.0 Å². The molecule has 2 heterocycles. The third-order valence-corrected chi connectivity index (χ3v) is 3.88. The zero-order valence-corrected chi connectivity index (χ0v) is 10.4. The number of aliphatic carboxylic acids is 1. The van der Waals surface area contributed by atoms with Crippen LogP contribution in [0.1, 0.15) is 23.5 Å². The highest BCUT2D eigenvalue weighted by Crippen LogP contribution is 2.35. The second-order valence-corrected chi connectivity index (χ2v) is 5.03. The molecule has 100 valence electrons. The van der Waals surface area contributed by atoms with E-state index in [1.807, 2.05) is 18.2 Å². The van der Waals surface area contributed by atoms with Crippen molar-refractivity contribution in [2.45, 2.75) is 18.8 Å². The predicted molar refractivity (Wildman–Crippen MR) is 67.1 cm³/mol. The summed E-state index contributed by atoms with van der Waals surface area (Å²) in [6.45, 7) is 0.864. The lowest BCUT2D eigenvalue weighted by molar-refractivity contribution is -0.144. The number of hydrogen-bond donors (Lipinski definition) is 2. The van der Waals surface area contributed by atoms with E-state index in [4.69, 9.17) is 4.74 Å². The molecule has 0 bridgehead atoms. The molecule has 5 heteroatoms. The Morgan fingerprint density at radius 3 is 3.05 bits per heavy atom. The lowest BCUT2D eigenvalue weighted by Gasteiger charge is -2.29. The zero-order valence-electron chi connectivity index (χ0n) is 10.4. The van der Waals surface area contributed by atoms with Crippen molar-refractivity contribution in [3.63, 3.8) is 0 Å². The molecule has 0 saturated carbocycles. The molecule has 19 heavy (non-hydrogen) atoms. The zero-order chi connectivity index (χ0) is 13.4. The van der Waals surface area contributed by atoms with Gasteiger partial charge in [0.25, 0.3) is 0 Å². The Bertz CT molecular complexity index is 540. The number of benzene rings is 1. The van der Waals surface area contributed by atoms with Crippen LogP contribution in [0.15, 0.2) is 18.2 Å². The normalized spacial score (nSPS) is 25.4. The summed E-state index contributed by atoms with van der Waals surface area (Å²) in [5.74, 6) is -0.985. The number of carboxylic acid groups (broad SMARTS) is 1. The monoisotopic (exact) mass is 261 g/mol. The van der Waals surface area contributed by atoms with Gasteiger partial charge in [-0.25, -0.2) is 0 Å².